The lowest BCUT2D eigenvalue weighted by atomic mass is 10.1. The molecule has 0 atom stereocenters. The smallest absolute Gasteiger partial charge is 0.236 e. The number of aryl methyl sites for hydroxylation is 1. The van der Waals surface area contributed by atoms with Crippen LogP contribution in [0.2, 0.25) is 0 Å². The van der Waals surface area contributed by atoms with Crippen molar-refractivity contribution in [1.82, 2.24) is 14.8 Å². The van der Waals surface area contributed by atoms with Gasteiger partial charge in [0.2, 0.25) is 5.91 Å². The van der Waals surface area contributed by atoms with Crippen molar-refractivity contribution in [3.63, 3.8) is 0 Å². The highest BCUT2D eigenvalue weighted by molar-refractivity contribution is 5.84. The Morgan fingerprint density at radius 1 is 1.29 bits per heavy atom. The van der Waals surface area contributed by atoms with E-state index in [9.17, 15) is 4.79 Å². The maximum atomic E-state index is 12.3. The van der Waals surface area contributed by atoms with Crippen LogP contribution in [-0.4, -0.2) is 47.4 Å². The van der Waals surface area contributed by atoms with Gasteiger partial charge in [0, 0.05) is 23.6 Å². The summed E-state index contributed by atoms with van der Waals surface area (Å²) in [5, 5.41) is 1.24. The third-order valence-electron chi connectivity index (χ3n) is 4.45. The number of para-hydroxylation sites is 1. The molecule has 21 heavy (non-hydrogen) atoms. The van der Waals surface area contributed by atoms with Crippen LogP contribution in [0.1, 0.15) is 24.1 Å². The zero-order chi connectivity index (χ0) is 14.8. The van der Waals surface area contributed by atoms with E-state index in [0.717, 1.165) is 24.3 Å². The summed E-state index contributed by atoms with van der Waals surface area (Å²) in [6.07, 6.45) is 2.44. The van der Waals surface area contributed by atoms with Crippen molar-refractivity contribution < 1.29 is 4.79 Å². The number of hydrogen-bond acceptors (Lipinski definition) is 2. The maximum Gasteiger partial charge on any atom is 0.236 e. The van der Waals surface area contributed by atoms with Crippen LogP contribution in [0.3, 0.4) is 0 Å². The molecule has 1 N–H and O–H groups in total. The predicted molar refractivity (Wildman–Crippen MR) is 85.2 cm³/mol. The zero-order valence-electron chi connectivity index (χ0n) is 12.9. The van der Waals surface area contributed by atoms with E-state index in [1.165, 1.54) is 23.8 Å². The molecule has 0 bridgehead atoms. The van der Waals surface area contributed by atoms with E-state index in [1.54, 1.807) is 0 Å². The third kappa shape index (κ3) is 2.95. The average molecular weight is 285 g/mol. The van der Waals surface area contributed by atoms with E-state index in [0.29, 0.717) is 13.1 Å². The van der Waals surface area contributed by atoms with Gasteiger partial charge in [-0.2, -0.15) is 0 Å². The first-order chi connectivity index (χ1) is 10.1. The van der Waals surface area contributed by atoms with Gasteiger partial charge in [-0.15, -0.1) is 0 Å². The monoisotopic (exact) mass is 285 g/mol. The van der Waals surface area contributed by atoms with Gasteiger partial charge in [0.15, 0.2) is 0 Å². The molecule has 1 aliphatic rings. The van der Waals surface area contributed by atoms with Gasteiger partial charge in [0.05, 0.1) is 13.1 Å². The molecule has 0 aliphatic carbocycles. The number of hydrogen-bond donors (Lipinski definition) is 1. The fraction of sp³-hybridized carbons (Fsp3) is 0.471. The summed E-state index contributed by atoms with van der Waals surface area (Å²) in [6, 6.07) is 8.29. The number of amides is 1. The second-order valence-corrected chi connectivity index (χ2v) is 6.01. The number of aromatic amines is 1. The predicted octanol–water partition coefficient (Wildman–Crippen LogP) is 2.53. The van der Waals surface area contributed by atoms with E-state index in [4.69, 9.17) is 0 Å². The minimum absolute atomic E-state index is 0.204. The zero-order valence-corrected chi connectivity index (χ0v) is 12.9. The molecule has 2 heterocycles. The van der Waals surface area contributed by atoms with Gasteiger partial charge in [-0.25, -0.2) is 0 Å². The topological polar surface area (TPSA) is 39.3 Å². The van der Waals surface area contributed by atoms with E-state index in [1.807, 2.05) is 18.0 Å². The standard InChI is InChI=1S/C17H23N3O/c1-13-14-7-3-4-8-15(14)18-16(13)11-19(2)17(21)12-20-9-5-6-10-20/h3-4,7-8,18H,5-6,9-12H2,1-2H3. The first kappa shape index (κ1) is 14.1. The number of aromatic nitrogens is 1. The van der Waals surface area contributed by atoms with Crippen LogP contribution in [0.5, 0.6) is 0 Å². The molecule has 0 radical (unpaired) electrons. The fourth-order valence-corrected chi connectivity index (χ4v) is 3.07. The van der Waals surface area contributed by atoms with Crippen LogP contribution in [-0.2, 0) is 11.3 Å². The molecule has 2 aromatic rings. The van der Waals surface area contributed by atoms with Crippen LogP contribution >= 0.6 is 0 Å². The second-order valence-electron chi connectivity index (χ2n) is 6.01. The minimum Gasteiger partial charge on any atom is -0.357 e. The van der Waals surface area contributed by atoms with Gasteiger partial charge >= 0.3 is 0 Å². The molecule has 4 nitrogen and oxygen atoms in total. The molecule has 112 valence electrons. The molecule has 0 saturated carbocycles. The van der Waals surface area contributed by atoms with Crippen molar-refractivity contribution in [2.75, 3.05) is 26.7 Å². The number of benzene rings is 1. The van der Waals surface area contributed by atoms with Crippen molar-refractivity contribution in [3.05, 3.63) is 35.5 Å². The molecule has 0 unspecified atom stereocenters. The van der Waals surface area contributed by atoms with Crippen LogP contribution in [0.15, 0.2) is 24.3 Å². The number of rotatable bonds is 4. The molecule has 3 rings (SSSR count). The highest BCUT2D eigenvalue weighted by Crippen LogP contribution is 2.22. The number of H-pyrrole nitrogens is 1. The van der Waals surface area contributed by atoms with Gasteiger partial charge in [0.25, 0.3) is 0 Å². The summed E-state index contributed by atoms with van der Waals surface area (Å²) in [6.45, 7) is 5.44. The largest absolute Gasteiger partial charge is 0.357 e. The molecule has 1 saturated heterocycles. The number of fused-ring (bicyclic) bond motifs is 1. The van der Waals surface area contributed by atoms with Crippen molar-refractivity contribution in [2.45, 2.75) is 26.3 Å². The highest BCUT2D eigenvalue weighted by atomic mass is 16.2. The quantitative estimate of drug-likeness (QED) is 0.937. The van der Waals surface area contributed by atoms with Gasteiger partial charge < -0.3 is 9.88 Å². The van der Waals surface area contributed by atoms with Crippen LogP contribution in [0.25, 0.3) is 10.9 Å². The summed E-state index contributed by atoms with van der Waals surface area (Å²) >= 11 is 0. The Labute approximate surface area is 125 Å². The summed E-state index contributed by atoms with van der Waals surface area (Å²) < 4.78 is 0. The minimum atomic E-state index is 0.204. The second kappa shape index (κ2) is 5.90. The van der Waals surface area contributed by atoms with Gasteiger partial charge in [-0.3, -0.25) is 9.69 Å². The molecule has 0 spiro atoms. The molecule has 1 aliphatic heterocycles. The average Bonchev–Trinajstić information content (AvgIpc) is 3.08. The lowest BCUT2D eigenvalue weighted by molar-refractivity contribution is -0.131. The lowest BCUT2D eigenvalue weighted by Crippen LogP contribution is -2.36. The fourth-order valence-electron chi connectivity index (χ4n) is 3.07. The number of nitrogens with one attached hydrogen (secondary N) is 1. The lowest BCUT2D eigenvalue weighted by Gasteiger charge is -2.21. The van der Waals surface area contributed by atoms with E-state index in [-0.39, 0.29) is 5.91 Å². The number of carbonyl (C=O) groups is 1. The Balaban J connectivity index is 1.69. The van der Waals surface area contributed by atoms with Crippen molar-refractivity contribution in [1.29, 1.82) is 0 Å². The van der Waals surface area contributed by atoms with Crippen LogP contribution < -0.4 is 0 Å². The number of carbonyl (C=O) groups excluding carboxylic acids is 1. The summed E-state index contributed by atoms with van der Waals surface area (Å²) in [5.41, 5.74) is 3.52. The Bertz CT molecular complexity index is 641. The molecule has 4 heteroatoms. The Hall–Kier alpha value is -1.81. The van der Waals surface area contributed by atoms with Crippen LogP contribution in [0, 0.1) is 6.92 Å². The SMILES string of the molecule is Cc1c(CN(C)C(=O)CN2CCCC2)[nH]c2ccccc12. The first-order valence-corrected chi connectivity index (χ1v) is 7.67. The van der Waals surface area contributed by atoms with Crippen molar-refractivity contribution in [3.8, 4) is 0 Å². The molecular weight excluding hydrogens is 262 g/mol. The number of nitrogens with zero attached hydrogens (tertiary/aromatic N) is 2. The summed E-state index contributed by atoms with van der Waals surface area (Å²) in [7, 11) is 1.89. The Morgan fingerprint density at radius 2 is 2.00 bits per heavy atom. The van der Waals surface area contributed by atoms with Crippen LogP contribution in [0.4, 0.5) is 0 Å². The van der Waals surface area contributed by atoms with Gasteiger partial charge in [-0.05, 0) is 44.5 Å². The maximum absolute atomic E-state index is 12.3. The molecule has 1 aromatic heterocycles. The van der Waals surface area contributed by atoms with Crippen molar-refractivity contribution >= 4 is 16.8 Å². The summed E-state index contributed by atoms with van der Waals surface area (Å²) in [4.78, 5) is 19.8. The van der Waals surface area contributed by atoms with Crippen molar-refractivity contribution in [2.24, 2.45) is 0 Å². The Kier molecular flexibility index (Phi) is 3.97. The van der Waals surface area contributed by atoms with E-state index < -0.39 is 0 Å². The number of likely N-dealkylation sites (tertiary alicyclic amines) is 1. The van der Waals surface area contributed by atoms with Gasteiger partial charge in [-0.1, -0.05) is 18.2 Å². The molecule has 1 aromatic carbocycles. The van der Waals surface area contributed by atoms with E-state index in [2.05, 4.69) is 35.0 Å². The first-order valence-electron chi connectivity index (χ1n) is 7.67. The third-order valence-corrected chi connectivity index (χ3v) is 4.45. The van der Waals surface area contributed by atoms with Gasteiger partial charge in [0.1, 0.15) is 0 Å². The Morgan fingerprint density at radius 3 is 2.71 bits per heavy atom. The molecule has 1 amide bonds. The van der Waals surface area contributed by atoms with E-state index >= 15 is 0 Å². The molecule has 1 fully saturated rings. The normalized spacial score (nSPS) is 15.7. The molecular formula is C17H23N3O. The summed E-state index contributed by atoms with van der Waals surface area (Å²) in [5.74, 6) is 0.204. The highest BCUT2D eigenvalue weighted by Gasteiger charge is 2.18. The number of likely N-dealkylation sites (N-methyl/N-ethyl adjacent to an activating group) is 1.